The van der Waals surface area contributed by atoms with Crippen molar-refractivity contribution >= 4 is 0 Å². The van der Waals surface area contributed by atoms with E-state index in [1.54, 1.807) is 12.1 Å². The maximum Gasteiger partial charge on any atom is 0.276 e. The quantitative estimate of drug-likeness (QED) is 0.915. The van der Waals surface area contributed by atoms with Gasteiger partial charge >= 0.3 is 0 Å². The predicted molar refractivity (Wildman–Crippen MR) is 73.4 cm³/mol. The average Bonchev–Trinajstić information content (AvgIpc) is 2.47. The van der Waals surface area contributed by atoms with Crippen molar-refractivity contribution in [1.29, 1.82) is 0 Å². The summed E-state index contributed by atoms with van der Waals surface area (Å²) in [5.41, 5.74) is 1.92. The van der Waals surface area contributed by atoms with E-state index in [2.05, 4.69) is 9.97 Å². The Kier molecular flexibility index (Phi) is 3.26. The molecule has 0 amide bonds. The molecule has 0 spiro atoms. The molecule has 0 aliphatic heterocycles. The van der Waals surface area contributed by atoms with E-state index in [4.69, 9.17) is 4.74 Å². The molecule has 1 heterocycles. The van der Waals surface area contributed by atoms with Crippen molar-refractivity contribution in [2.75, 3.05) is 7.11 Å². The lowest BCUT2D eigenvalue weighted by Crippen LogP contribution is -2.21. The third-order valence-electron chi connectivity index (χ3n) is 3.63. The van der Waals surface area contributed by atoms with Crippen molar-refractivity contribution in [2.24, 2.45) is 0 Å². The summed E-state index contributed by atoms with van der Waals surface area (Å²) in [6.07, 6.45) is 3.66. The molecular weight excluding hydrogens is 259 g/mol. The molecule has 0 fully saturated rings. The fourth-order valence-corrected chi connectivity index (χ4v) is 2.65. The highest BCUT2D eigenvalue weighted by Gasteiger charge is 2.18. The number of benzene rings is 1. The molecule has 0 bridgehead atoms. The summed E-state index contributed by atoms with van der Waals surface area (Å²) in [4.78, 5) is 19.3. The molecular formula is C15H15FN2O2. The van der Waals surface area contributed by atoms with Crippen molar-refractivity contribution < 1.29 is 9.13 Å². The highest BCUT2D eigenvalue weighted by Crippen LogP contribution is 2.30. The number of halogens is 1. The molecule has 5 heteroatoms. The Morgan fingerprint density at radius 1 is 1.30 bits per heavy atom. The van der Waals surface area contributed by atoms with Crippen LogP contribution in [0.3, 0.4) is 0 Å². The molecule has 0 atom stereocenters. The van der Waals surface area contributed by atoms with Gasteiger partial charge in [-0.3, -0.25) is 4.79 Å². The van der Waals surface area contributed by atoms with E-state index in [1.807, 2.05) is 0 Å². The standard InChI is InChI=1S/C15H15FN2O2/c1-20-13-10(6-4-7-11(13)16)14-17-12-8-3-2-5-9(12)15(19)18-14/h4,6-7H,2-3,5,8H2,1H3,(H,17,18,19). The van der Waals surface area contributed by atoms with Crippen LogP contribution in [0.15, 0.2) is 23.0 Å². The number of para-hydroxylation sites is 1. The number of ether oxygens (including phenoxy) is 1. The number of hydrogen-bond acceptors (Lipinski definition) is 3. The van der Waals surface area contributed by atoms with Crippen molar-refractivity contribution in [3.05, 3.63) is 45.6 Å². The van der Waals surface area contributed by atoms with E-state index in [9.17, 15) is 9.18 Å². The van der Waals surface area contributed by atoms with Crippen molar-refractivity contribution in [3.63, 3.8) is 0 Å². The highest BCUT2D eigenvalue weighted by molar-refractivity contribution is 5.64. The molecule has 104 valence electrons. The first kappa shape index (κ1) is 12.8. The minimum Gasteiger partial charge on any atom is -0.493 e. The maximum atomic E-state index is 13.7. The van der Waals surface area contributed by atoms with Crippen LogP contribution in [0.1, 0.15) is 24.1 Å². The number of nitrogens with one attached hydrogen (secondary N) is 1. The van der Waals surface area contributed by atoms with Gasteiger partial charge < -0.3 is 9.72 Å². The van der Waals surface area contributed by atoms with Gasteiger partial charge in [-0.05, 0) is 37.8 Å². The largest absolute Gasteiger partial charge is 0.493 e. The summed E-state index contributed by atoms with van der Waals surface area (Å²) in [5.74, 6) is 0.00350. The number of methoxy groups -OCH3 is 1. The summed E-state index contributed by atoms with van der Waals surface area (Å²) < 4.78 is 18.8. The minimum absolute atomic E-state index is 0.103. The molecule has 1 aromatic carbocycles. The van der Waals surface area contributed by atoms with Gasteiger partial charge in [-0.1, -0.05) is 6.07 Å². The highest BCUT2D eigenvalue weighted by atomic mass is 19.1. The molecule has 20 heavy (non-hydrogen) atoms. The minimum atomic E-state index is -0.467. The van der Waals surface area contributed by atoms with Crippen molar-refractivity contribution in [3.8, 4) is 17.1 Å². The predicted octanol–water partition coefficient (Wildman–Crippen LogP) is 2.46. The molecule has 1 N–H and O–H groups in total. The smallest absolute Gasteiger partial charge is 0.276 e. The van der Waals surface area contributed by atoms with Gasteiger partial charge in [0, 0.05) is 11.3 Å². The van der Waals surface area contributed by atoms with Gasteiger partial charge in [0.1, 0.15) is 5.82 Å². The SMILES string of the molecule is COc1c(F)cccc1-c1nc(=O)c2c([nH]1)CCCC2. The fraction of sp³-hybridized carbons (Fsp3) is 0.333. The summed E-state index contributed by atoms with van der Waals surface area (Å²) >= 11 is 0. The average molecular weight is 274 g/mol. The molecule has 0 saturated heterocycles. The second-order valence-corrected chi connectivity index (χ2v) is 4.88. The molecule has 1 aliphatic carbocycles. The maximum absolute atomic E-state index is 13.7. The zero-order valence-corrected chi connectivity index (χ0v) is 11.2. The van der Waals surface area contributed by atoms with Crippen LogP contribution in [0.5, 0.6) is 5.75 Å². The second-order valence-electron chi connectivity index (χ2n) is 4.88. The number of aryl methyl sites for hydroxylation is 1. The van der Waals surface area contributed by atoms with Gasteiger partial charge in [-0.25, -0.2) is 4.39 Å². The van der Waals surface area contributed by atoms with Crippen LogP contribution in [-0.4, -0.2) is 17.1 Å². The number of rotatable bonds is 2. The number of aromatic amines is 1. The van der Waals surface area contributed by atoms with E-state index >= 15 is 0 Å². The van der Waals surface area contributed by atoms with Gasteiger partial charge in [0.25, 0.3) is 5.56 Å². The Morgan fingerprint density at radius 2 is 2.10 bits per heavy atom. The van der Waals surface area contributed by atoms with Crippen LogP contribution in [0.25, 0.3) is 11.4 Å². The van der Waals surface area contributed by atoms with Crippen LogP contribution in [0, 0.1) is 5.82 Å². The van der Waals surface area contributed by atoms with Crippen LogP contribution >= 0.6 is 0 Å². The van der Waals surface area contributed by atoms with Gasteiger partial charge in [0.2, 0.25) is 0 Å². The lowest BCUT2D eigenvalue weighted by molar-refractivity contribution is 0.388. The van der Waals surface area contributed by atoms with E-state index < -0.39 is 5.82 Å². The third-order valence-corrected chi connectivity index (χ3v) is 3.63. The van der Waals surface area contributed by atoms with E-state index in [0.717, 1.165) is 36.9 Å². The molecule has 1 aliphatic rings. The lowest BCUT2D eigenvalue weighted by atomic mass is 9.97. The Hall–Kier alpha value is -2.17. The van der Waals surface area contributed by atoms with Crippen LogP contribution in [0.2, 0.25) is 0 Å². The van der Waals surface area contributed by atoms with Gasteiger partial charge in [-0.15, -0.1) is 0 Å². The molecule has 1 aromatic heterocycles. The van der Waals surface area contributed by atoms with Crippen LogP contribution in [0.4, 0.5) is 4.39 Å². The monoisotopic (exact) mass is 274 g/mol. The van der Waals surface area contributed by atoms with Gasteiger partial charge in [0.15, 0.2) is 11.6 Å². The zero-order valence-electron chi connectivity index (χ0n) is 11.2. The van der Waals surface area contributed by atoms with Crippen molar-refractivity contribution in [2.45, 2.75) is 25.7 Å². The zero-order chi connectivity index (χ0) is 14.1. The van der Waals surface area contributed by atoms with E-state index in [1.165, 1.54) is 13.2 Å². The second kappa shape index (κ2) is 5.07. The molecule has 0 radical (unpaired) electrons. The number of fused-ring (bicyclic) bond motifs is 1. The summed E-state index contributed by atoms with van der Waals surface area (Å²) in [6.45, 7) is 0. The Labute approximate surface area is 115 Å². The first-order valence-corrected chi connectivity index (χ1v) is 6.65. The Morgan fingerprint density at radius 3 is 2.90 bits per heavy atom. The molecule has 2 aromatic rings. The van der Waals surface area contributed by atoms with Crippen LogP contribution in [-0.2, 0) is 12.8 Å². The first-order chi connectivity index (χ1) is 9.70. The van der Waals surface area contributed by atoms with E-state index in [0.29, 0.717) is 11.4 Å². The number of hydrogen-bond donors (Lipinski definition) is 1. The summed E-state index contributed by atoms with van der Waals surface area (Å²) in [7, 11) is 1.40. The van der Waals surface area contributed by atoms with E-state index in [-0.39, 0.29) is 11.3 Å². The Bertz CT molecular complexity index is 710. The normalized spacial score (nSPS) is 13.9. The van der Waals surface area contributed by atoms with Crippen LogP contribution < -0.4 is 10.3 Å². The number of nitrogens with zero attached hydrogens (tertiary/aromatic N) is 1. The summed E-state index contributed by atoms with van der Waals surface area (Å²) in [5, 5.41) is 0. The molecule has 0 unspecified atom stereocenters. The lowest BCUT2D eigenvalue weighted by Gasteiger charge is -2.16. The molecule has 4 nitrogen and oxygen atoms in total. The topological polar surface area (TPSA) is 55.0 Å². The Balaban J connectivity index is 2.19. The third kappa shape index (κ3) is 2.09. The van der Waals surface area contributed by atoms with Gasteiger partial charge in [-0.2, -0.15) is 4.98 Å². The number of aromatic nitrogens is 2. The molecule has 3 rings (SSSR count). The molecule has 0 saturated carbocycles. The van der Waals surface area contributed by atoms with Gasteiger partial charge in [0.05, 0.1) is 12.7 Å². The summed E-state index contributed by atoms with van der Waals surface area (Å²) in [6, 6.07) is 4.58. The van der Waals surface area contributed by atoms with Crippen molar-refractivity contribution in [1.82, 2.24) is 9.97 Å². The number of H-pyrrole nitrogens is 1. The first-order valence-electron chi connectivity index (χ1n) is 6.65. The fourth-order valence-electron chi connectivity index (χ4n) is 2.65.